The zero-order valence-electron chi connectivity index (χ0n) is 11.0. The van der Waals surface area contributed by atoms with Crippen LogP contribution in [0.5, 0.6) is 0 Å². The van der Waals surface area contributed by atoms with Crippen LogP contribution in [0.2, 0.25) is 0 Å². The summed E-state index contributed by atoms with van der Waals surface area (Å²) in [6.45, 7) is 8.65. The van der Waals surface area contributed by atoms with Gasteiger partial charge in [-0.15, -0.1) is 0 Å². The number of likely N-dealkylation sites (tertiary alicyclic amines) is 1. The lowest BCUT2D eigenvalue weighted by Crippen LogP contribution is -2.45. The monoisotopic (exact) mass is 224 g/mol. The number of hydrogen-bond donors (Lipinski definition) is 1. The molecule has 1 N–H and O–H groups in total. The topological polar surface area (TPSA) is 15.3 Å². The number of rotatable bonds is 3. The van der Waals surface area contributed by atoms with Crippen molar-refractivity contribution in [3.63, 3.8) is 0 Å². The molecule has 2 nitrogen and oxygen atoms in total. The average molecular weight is 224 g/mol. The third kappa shape index (κ3) is 3.21. The maximum absolute atomic E-state index is 3.53. The van der Waals surface area contributed by atoms with Gasteiger partial charge in [-0.1, -0.05) is 6.42 Å². The summed E-state index contributed by atoms with van der Waals surface area (Å²) in [5.74, 6) is 0.940. The fraction of sp³-hybridized carbons (Fsp3) is 1.00. The lowest BCUT2D eigenvalue weighted by molar-refractivity contribution is 0.0938. The quantitative estimate of drug-likeness (QED) is 0.793. The van der Waals surface area contributed by atoms with Gasteiger partial charge in [0.05, 0.1) is 0 Å². The maximum atomic E-state index is 3.53. The van der Waals surface area contributed by atoms with E-state index in [0.717, 1.165) is 18.0 Å². The van der Waals surface area contributed by atoms with Gasteiger partial charge in [0, 0.05) is 12.1 Å². The first-order valence-electron chi connectivity index (χ1n) is 7.24. The minimum absolute atomic E-state index is 0.820. The van der Waals surface area contributed by atoms with Gasteiger partial charge in [-0.3, -0.25) is 4.90 Å². The van der Waals surface area contributed by atoms with Crippen molar-refractivity contribution >= 4 is 0 Å². The Morgan fingerprint density at radius 3 is 2.44 bits per heavy atom. The Balaban J connectivity index is 1.74. The molecular weight excluding hydrogens is 196 g/mol. The Morgan fingerprint density at radius 1 is 1.06 bits per heavy atom. The van der Waals surface area contributed by atoms with Crippen LogP contribution in [-0.2, 0) is 0 Å². The van der Waals surface area contributed by atoms with Crippen LogP contribution in [0.15, 0.2) is 0 Å². The van der Waals surface area contributed by atoms with Gasteiger partial charge in [-0.05, 0) is 71.5 Å². The Labute approximate surface area is 101 Å². The first-order chi connectivity index (χ1) is 7.77. The van der Waals surface area contributed by atoms with E-state index in [4.69, 9.17) is 0 Å². The van der Waals surface area contributed by atoms with Crippen LogP contribution in [-0.4, -0.2) is 36.6 Å². The van der Waals surface area contributed by atoms with Crippen molar-refractivity contribution in [2.24, 2.45) is 5.92 Å². The molecule has 0 aliphatic carbocycles. The highest BCUT2D eigenvalue weighted by Crippen LogP contribution is 2.24. The third-order valence-electron chi connectivity index (χ3n) is 4.57. The first kappa shape index (κ1) is 12.4. The molecule has 0 spiro atoms. The third-order valence-corrected chi connectivity index (χ3v) is 4.57. The van der Waals surface area contributed by atoms with Crippen molar-refractivity contribution in [2.45, 2.75) is 64.5 Å². The zero-order valence-corrected chi connectivity index (χ0v) is 11.0. The van der Waals surface area contributed by atoms with Gasteiger partial charge in [0.1, 0.15) is 0 Å². The molecule has 0 amide bonds. The van der Waals surface area contributed by atoms with Crippen LogP contribution < -0.4 is 5.32 Å². The van der Waals surface area contributed by atoms with E-state index in [1.807, 2.05) is 0 Å². The molecule has 94 valence electrons. The van der Waals surface area contributed by atoms with Crippen molar-refractivity contribution < 1.29 is 0 Å². The molecule has 3 atom stereocenters. The van der Waals surface area contributed by atoms with Crippen LogP contribution in [0.4, 0.5) is 0 Å². The van der Waals surface area contributed by atoms with E-state index in [-0.39, 0.29) is 0 Å². The molecule has 0 saturated carbocycles. The van der Waals surface area contributed by atoms with E-state index in [0.29, 0.717) is 0 Å². The number of piperidine rings is 2. The predicted molar refractivity (Wildman–Crippen MR) is 69.7 cm³/mol. The van der Waals surface area contributed by atoms with Crippen molar-refractivity contribution in [1.82, 2.24) is 10.2 Å². The number of nitrogens with zero attached hydrogens (tertiary/aromatic N) is 1. The lowest BCUT2D eigenvalue weighted by atomic mass is 9.93. The van der Waals surface area contributed by atoms with Crippen molar-refractivity contribution in [3.8, 4) is 0 Å². The van der Waals surface area contributed by atoms with Crippen LogP contribution in [0, 0.1) is 5.92 Å². The lowest BCUT2D eigenvalue weighted by Gasteiger charge is -2.40. The number of nitrogens with one attached hydrogen (secondary N) is 1. The Morgan fingerprint density at radius 2 is 1.81 bits per heavy atom. The molecule has 0 bridgehead atoms. The summed E-state index contributed by atoms with van der Waals surface area (Å²) < 4.78 is 0. The van der Waals surface area contributed by atoms with E-state index in [1.54, 1.807) is 0 Å². The van der Waals surface area contributed by atoms with E-state index in [1.165, 1.54) is 58.2 Å². The van der Waals surface area contributed by atoms with E-state index in [9.17, 15) is 0 Å². The molecule has 0 aromatic heterocycles. The molecule has 2 saturated heterocycles. The molecule has 2 aliphatic heterocycles. The molecule has 2 heterocycles. The second kappa shape index (κ2) is 6.02. The van der Waals surface area contributed by atoms with E-state index < -0.39 is 0 Å². The summed E-state index contributed by atoms with van der Waals surface area (Å²) in [5, 5.41) is 3.53. The summed E-state index contributed by atoms with van der Waals surface area (Å²) in [4.78, 5) is 2.75. The normalized spacial score (nSPS) is 37.5. The van der Waals surface area contributed by atoms with Gasteiger partial charge in [0.15, 0.2) is 0 Å². The molecule has 0 aromatic rings. The summed E-state index contributed by atoms with van der Waals surface area (Å²) in [7, 11) is 0. The van der Waals surface area contributed by atoms with Gasteiger partial charge in [0.25, 0.3) is 0 Å². The number of hydrogen-bond acceptors (Lipinski definition) is 2. The molecule has 2 fully saturated rings. The van der Waals surface area contributed by atoms with Crippen molar-refractivity contribution in [3.05, 3.63) is 0 Å². The van der Waals surface area contributed by atoms with Crippen molar-refractivity contribution in [1.29, 1.82) is 0 Å². The highest BCUT2D eigenvalue weighted by atomic mass is 15.2. The highest BCUT2D eigenvalue weighted by molar-refractivity contribution is 4.80. The van der Waals surface area contributed by atoms with Gasteiger partial charge in [0.2, 0.25) is 0 Å². The largest absolute Gasteiger partial charge is 0.316 e. The van der Waals surface area contributed by atoms with Gasteiger partial charge in [-0.2, -0.15) is 0 Å². The first-order valence-corrected chi connectivity index (χ1v) is 7.24. The Kier molecular flexibility index (Phi) is 4.66. The predicted octanol–water partition coefficient (Wildman–Crippen LogP) is 2.64. The van der Waals surface area contributed by atoms with E-state index in [2.05, 4.69) is 24.1 Å². The minimum atomic E-state index is 0.820. The minimum Gasteiger partial charge on any atom is -0.316 e. The summed E-state index contributed by atoms with van der Waals surface area (Å²) in [6, 6.07) is 1.64. The molecule has 2 heteroatoms. The SMILES string of the molecule is C[C@@H]1CCC[C@H](C)N1CCC1CCCNC1. The standard InChI is InChI=1S/C14H28N2/c1-12-5-3-6-13(2)16(12)10-8-14-7-4-9-15-11-14/h12-15H,3-11H2,1-2H3/t12-,13+,14?. The second-order valence-electron chi connectivity index (χ2n) is 5.87. The summed E-state index contributed by atoms with van der Waals surface area (Å²) in [5.41, 5.74) is 0. The fourth-order valence-electron chi connectivity index (χ4n) is 3.42. The molecule has 1 unspecified atom stereocenters. The smallest absolute Gasteiger partial charge is 0.00697 e. The van der Waals surface area contributed by atoms with Crippen molar-refractivity contribution in [2.75, 3.05) is 19.6 Å². The fourth-order valence-corrected chi connectivity index (χ4v) is 3.42. The molecule has 2 aliphatic rings. The summed E-state index contributed by atoms with van der Waals surface area (Å²) in [6.07, 6.45) is 8.49. The van der Waals surface area contributed by atoms with Crippen LogP contribution >= 0.6 is 0 Å². The highest BCUT2D eigenvalue weighted by Gasteiger charge is 2.25. The van der Waals surface area contributed by atoms with Crippen LogP contribution in [0.3, 0.4) is 0 Å². The molecule has 16 heavy (non-hydrogen) atoms. The van der Waals surface area contributed by atoms with Gasteiger partial charge in [-0.25, -0.2) is 0 Å². The van der Waals surface area contributed by atoms with Crippen LogP contribution in [0.25, 0.3) is 0 Å². The zero-order chi connectivity index (χ0) is 11.4. The molecule has 2 rings (SSSR count). The molecule has 0 radical (unpaired) electrons. The second-order valence-corrected chi connectivity index (χ2v) is 5.87. The molecule has 0 aromatic carbocycles. The molecular formula is C14H28N2. The Bertz CT molecular complexity index is 189. The maximum Gasteiger partial charge on any atom is 0.00697 e. The van der Waals surface area contributed by atoms with Crippen LogP contribution in [0.1, 0.15) is 52.4 Å². The van der Waals surface area contributed by atoms with Gasteiger partial charge < -0.3 is 5.32 Å². The Hall–Kier alpha value is -0.0800. The van der Waals surface area contributed by atoms with E-state index >= 15 is 0 Å². The van der Waals surface area contributed by atoms with Gasteiger partial charge >= 0.3 is 0 Å². The summed E-state index contributed by atoms with van der Waals surface area (Å²) >= 11 is 0. The average Bonchev–Trinajstić information content (AvgIpc) is 2.30.